The van der Waals surface area contributed by atoms with Crippen molar-refractivity contribution in [1.29, 1.82) is 0 Å². The normalized spacial score (nSPS) is 12.2. The molecule has 1 unspecified atom stereocenters. The van der Waals surface area contributed by atoms with Crippen molar-refractivity contribution < 1.29 is 32.4 Å². The molecular formula is C23H49N3O7Si. The molecule has 0 aliphatic carbocycles. The van der Waals surface area contributed by atoms with Crippen LogP contribution >= 0.6 is 0 Å². The van der Waals surface area contributed by atoms with E-state index >= 15 is 0 Å². The SMILES string of the molecule is CCC(C)(C)C(N)=O.CCO[Si](CCCNC(=O)OCCNC(=O)C(C)CC)(OCC)OCC. The zero-order valence-electron chi connectivity index (χ0n) is 22.6. The third-order valence-corrected chi connectivity index (χ3v) is 8.42. The number of nitrogens with two attached hydrogens (primary N) is 1. The Balaban J connectivity index is 0. The Hall–Kier alpha value is -1.69. The van der Waals surface area contributed by atoms with Gasteiger partial charge in [-0.05, 0) is 40.0 Å². The largest absolute Gasteiger partial charge is 0.500 e. The maximum Gasteiger partial charge on any atom is 0.500 e. The molecule has 0 aromatic rings. The van der Waals surface area contributed by atoms with Gasteiger partial charge in [0.05, 0.1) is 6.54 Å². The van der Waals surface area contributed by atoms with E-state index in [1.807, 2.05) is 55.4 Å². The van der Waals surface area contributed by atoms with Gasteiger partial charge in [-0.15, -0.1) is 0 Å². The maximum atomic E-state index is 11.7. The monoisotopic (exact) mass is 507 g/mol. The molecule has 0 aliphatic rings. The lowest BCUT2D eigenvalue weighted by molar-refractivity contribution is -0.126. The van der Waals surface area contributed by atoms with Gasteiger partial charge in [0.25, 0.3) is 0 Å². The Bertz CT molecular complexity index is 560. The van der Waals surface area contributed by atoms with Crippen molar-refractivity contribution in [1.82, 2.24) is 10.6 Å². The Morgan fingerprint density at radius 1 is 0.912 bits per heavy atom. The molecule has 10 nitrogen and oxygen atoms in total. The van der Waals surface area contributed by atoms with E-state index in [9.17, 15) is 14.4 Å². The fraction of sp³-hybridized carbons (Fsp3) is 0.870. The van der Waals surface area contributed by atoms with Gasteiger partial charge in [-0.1, -0.05) is 34.6 Å². The first-order valence-corrected chi connectivity index (χ1v) is 14.3. The molecule has 4 N–H and O–H groups in total. The van der Waals surface area contributed by atoms with Crippen molar-refractivity contribution in [2.24, 2.45) is 17.1 Å². The average Bonchev–Trinajstić information content (AvgIpc) is 2.79. The molecule has 0 aromatic carbocycles. The summed E-state index contributed by atoms with van der Waals surface area (Å²) in [5.41, 5.74) is 4.72. The molecule has 0 saturated carbocycles. The van der Waals surface area contributed by atoms with Gasteiger partial charge < -0.3 is 34.4 Å². The first kappa shape index (κ1) is 34.5. The predicted octanol–water partition coefficient (Wildman–Crippen LogP) is 3.22. The third kappa shape index (κ3) is 16.0. The first-order chi connectivity index (χ1) is 15.9. The van der Waals surface area contributed by atoms with E-state index in [1.165, 1.54) is 0 Å². The number of rotatable bonds is 17. The van der Waals surface area contributed by atoms with Crippen LogP contribution in [0.5, 0.6) is 0 Å². The van der Waals surface area contributed by atoms with Crippen molar-refractivity contribution in [3.63, 3.8) is 0 Å². The Morgan fingerprint density at radius 2 is 1.44 bits per heavy atom. The molecule has 0 heterocycles. The van der Waals surface area contributed by atoms with Gasteiger partial charge in [0.1, 0.15) is 6.61 Å². The molecule has 0 fully saturated rings. The maximum absolute atomic E-state index is 11.7. The fourth-order valence-corrected chi connectivity index (χ4v) is 5.01. The number of nitrogens with one attached hydrogen (secondary N) is 2. The lowest BCUT2D eigenvalue weighted by atomic mass is 9.90. The zero-order chi connectivity index (χ0) is 26.6. The summed E-state index contributed by atoms with van der Waals surface area (Å²) in [6, 6.07) is 0.633. The minimum absolute atomic E-state index is 0.0272. The minimum Gasteiger partial charge on any atom is -0.448 e. The van der Waals surface area contributed by atoms with E-state index in [2.05, 4.69) is 10.6 Å². The Kier molecular flexibility index (Phi) is 19.9. The Morgan fingerprint density at radius 3 is 1.82 bits per heavy atom. The average molecular weight is 508 g/mol. The molecule has 0 spiro atoms. The molecule has 0 radical (unpaired) electrons. The van der Waals surface area contributed by atoms with Crippen LogP contribution in [0, 0.1) is 11.3 Å². The highest BCUT2D eigenvalue weighted by Crippen LogP contribution is 2.18. The molecule has 0 bridgehead atoms. The summed E-state index contributed by atoms with van der Waals surface area (Å²) in [4.78, 5) is 33.7. The lowest BCUT2D eigenvalue weighted by Gasteiger charge is -2.28. The van der Waals surface area contributed by atoms with Gasteiger partial charge in [-0.2, -0.15) is 0 Å². The summed E-state index contributed by atoms with van der Waals surface area (Å²) < 4.78 is 22.3. The number of carbonyl (C=O) groups excluding carboxylic acids is 3. The lowest BCUT2D eigenvalue weighted by Crippen LogP contribution is -2.46. The number of alkyl carbamates (subject to hydrolysis) is 1. The second kappa shape index (κ2) is 19.6. The van der Waals surface area contributed by atoms with Gasteiger partial charge >= 0.3 is 14.9 Å². The van der Waals surface area contributed by atoms with E-state index in [4.69, 9.17) is 23.7 Å². The molecule has 0 aliphatic heterocycles. The van der Waals surface area contributed by atoms with Crippen LogP contribution in [0.15, 0.2) is 0 Å². The summed E-state index contributed by atoms with van der Waals surface area (Å²) in [5, 5.41) is 5.42. The van der Waals surface area contributed by atoms with Gasteiger partial charge in [-0.3, -0.25) is 9.59 Å². The van der Waals surface area contributed by atoms with Crippen LogP contribution in [0.1, 0.15) is 74.7 Å². The summed E-state index contributed by atoms with van der Waals surface area (Å²) in [6.07, 6.45) is 1.76. The molecule has 0 aromatic heterocycles. The van der Waals surface area contributed by atoms with Crippen molar-refractivity contribution >= 4 is 26.7 Å². The molecule has 202 valence electrons. The second-order valence-corrected chi connectivity index (χ2v) is 11.1. The van der Waals surface area contributed by atoms with Gasteiger partial charge in [0, 0.05) is 43.7 Å². The predicted molar refractivity (Wildman–Crippen MR) is 135 cm³/mol. The molecule has 1 atom stereocenters. The molecule has 3 amide bonds. The van der Waals surface area contributed by atoms with Crippen molar-refractivity contribution in [2.75, 3.05) is 39.5 Å². The van der Waals surface area contributed by atoms with Gasteiger partial charge in [0.2, 0.25) is 11.8 Å². The molecular weight excluding hydrogens is 458 g/mol. The summed E-state index contributed by atoms with van der Waals surface area (Å²) in [7, 11) is -2.67. The highest BCUT2D eigenvalue weighted by atomic mass is 28.4. The minimum atomic E-state index is -2.67. The van der Waals surface area contributed by atoms with Crippen LogP contribution in [0.4, 0.5) is 4.79 Å². The van der Waals surface area contributed by atoms with Crippen LogP contribution in [-0.2, 0) is 27.6 Å². The molecule has 34 heavy (non-hydrogen) atoms. The Labute approximate surface area is 207 Å². The summed E-state index contributed by atoms with van der Waals surface area (Å²) >= 11 is 0. The third-order valence-electron chi connectivity index (χ3n) is 5.27. The van der Waals surface area contributed by atoms with Crippen LogP contribution in [0.3, 0.4) is 0 Å². The number of amides is 3. The van der Waals surface area contributed by atoms with Crippen LogP contribution in [0.2, 0.25) is 6.04 Å². The standard InChI is InChI=1S/C17H36N2O6Si.C6H13NO/c1-6-15(5)16(20)18-12-13-22-17(21)19-11-10-14-26(23-7-2,24-8-3)25-9-4;1-4-6(2,3)5(7)8/h15H,6-14H2,1-5H3,(H,18,20)(H,19,21);4H2,1-3H3,(H2,7,8). The first-order valence-electron chi connectivity index (χ1n) is 12.3. The van der Waals surface area contributed by atoms with E-state index in [-0.39, 0.29) is 29.8 Å². The van der Waals surface area contributed by atoms with E-state index < -0.39 is 14.9 Å². The number of carbonyl (C=O) groups is 3. The highest BCUT2D eigenvalue weighted by Gasteiger charge is 2.39. The zero-order valence-corrected chi connectivity index (χ0v) is 23.6. The highest BCUT2D eigenvalue weighted by molar-refractivity contribution is 6.60. The van der Waals surface area contributed by atoms with Crippen LogP contribution < -0.4 is 16.4 Å². The number of ether oxygens (including phenoxy) is 1. The van der Waals surface area contributed by atoms with Gasteiger partial charge in [0.15, 0.2) is 0 Å². The topological polar surface area (TPSA) is 138 Å². The van der Waals surface area contributed by atoms with E-state index in [1.54, 1.807) is 0 Å². The van der Waals surface area contributed by atoms with E-state index in [0.29, 0.717) is 45.4 Å². The number of hydrogen-bond donors (Lipinski definition) is 3. The summed E-state index contributed by atoms with van der Waals surface area (Å²) in [5.74, 6) is -0.283. The second-order valence-electron chi connectivity index (χ2n) is 8.35. The van der Waals surface area contributed by atoms with Crippen molar-refractivity contribution in [2.45, 2.75) is 80.7 Å². The van der Waals surface area contributed by atoms with Crippen LogP contribution in [0.25, 0.3) is 0 Å². The molecule has 11 heteroatoms. The van der Waals surface area contributed by atoms with Crippen LogP contribution in [-0.4, -0.2) is 66.2 Å². The van der Waals surface area contributed by atoms with Crippen molar-refractivity contribution in [3.05, 3.63) is 0 Å². The molecule has 0 saturated heterocycles. The number of hydrogen-bond acceptors (Lipinski definition) is 7. The van der Waals surface area contributed by atoms with Crippen molar-refractivity contribution in [3.8, 4) is 0 Å². The fourth-order valence-electron chi connectivity index (χ4n) is 2.40. The van der Waals surface area contributed by atoms with Gasteiger partial charge in [-0.25, -0.2) is 4.79 Å². The quantitative estimate of drug-likeness (QED) is 0.203. The summed E-state index contributed by atoms with van der Waals surface area (Å²) in [6.45, 7) is 17.7. The number of primary amides is 1. The molecule has 0 rings (SSSR count). The van der Waals surface area contributed by atoms with E-state index in [0.717, 1.165) is 12.8 Å². The smallest absolute Gasteiger partial charge is 0.448 e.